The summed E-state index contributed by atoms with van der Waals surface area (Å²) in [5.74, 6) is 1.81. The van der Waals surface area contributed by atoms with Gasteiger partial charge in [-0.25, -0.2) is 0 Å². The first kappa shape index (κ1) is 18.8. The number of nitrogens with zero attached hydrogens (tertiary/aromatic N) is 2. The van der Waals surface area contributed by atoms with Crippen molar-refractivity contribution in [2.45, 2.75) is 29.9 Å². The average molecular weight is 383 g/mol. The molecule has 2 aliphatic rings. The van der Waals surface area contributed by atoms with Gasteiger partial charge in [-0.05, 0) is 43.7 Å². The molecule has 0 aromatic heterocycles. The summed E-state index contributed by atoms with van der Waals surface area (Å²) >= 11 is 7.71. The van der Waals surface area contributed by atoms with Crippen LogP contribution in [0.4, 0.5) is 0 Å². The van der Waals surface area contributed by atoms with E-state index in [0.29, 0.717) is 6.04 Å². The standard InChI is InChI=1S/C18H27ClN4OS/c1-20-18(21-8-10-25-17-6-4-14(19)5-7-17)22-11-16-12-23-9-2-3-15(23)13-24-16/h4-7,15-16H,2-3,8-13H2,1H3,(H2,20,21,22). The van der Waals surface area contributed by atoms with Gasteiger partial charge in [0.25, 0.3) is 0 Å². The number of morpholine rings is 1. The maximum Gasteiger partial charge on any atom is 0.191 e. The molecule has 2 unspecified atom stereocenters. The topological polar surface area (TPSA) is 48.9 Å². The van der Waals surface area contributed by atoms with Crippen LogP contribution in [0.3, 0.4) is 0 Å². The van der Waals surface area contributed by atoms with Crippen LogP contribution in [-0.4, -0.2) is 68.6 Å². The number of nitrogens with one attached hydrogen (secondary N) is 2. The Hall–Kier alpha value is -0.950. The summed E-state index contributed by atoms with van der Waals surface area (Å²) in [5, 5.41) is 7.52. The first-order chi connectivity index (χ1) is 12.2. The Balaban J connectivity index is 1.32. The number of guanidine groups is 1. The van der Waals surface area contributed by atoms with Crippen LogP contribution in [0.5, 0.6) is 0 Å². The number of ether oxygens (including phenoxy) is 1. The molecular formula is C18H27ClN4OS. The van der Waals surface area contributed by atoms with Crippen molar-refractivity contribution in [1.29, 1.82) is 0 Å². The molecule has 0 spiro atoms. The van der Waals surface area contributed by atoms with E-state index >= 15 is 0 Å². The van der Waals surface area contributed by atoms with Crippen LogP contribution in [0, 0.1) is 0 Å². The minimum atomic E-state index is 0.247. The molecule has 138 valence electrons. The number of rotatable bonds is 6. The summed E-state index contributed by atoms with van der Waals surface area (Å²) in [6.45, 7) is 4.77. The van der Waals surface area contributed by atoms with Crippen molar-refractivity contribution in [3.63, 3.8) is 0 Å². The van der Waals surface area contributed by atoms with E-state index in [-0.39, 0.29) is 6.10 Å². The van der Waals surface area contributed by atoms with E-state index in [9.17, 15) is 0 Å². The lowest BCUT2D eigenvalue weighted by atomic mass is 10.2. The molecule has 0 saturated carbocycles. The highest BCUT2D eigenvalue weighted by atomic mass is 35.5. The number of halogens is 1. The first-order valence-electron chi connectivity index (χ1n) is 8.93. The Kier molecular flexibility index (Phi) is 7.28. The minimum Gasteiger partial charge on any atom is -0.373 e. The quantitative estimate of drug-likeness (QED) is 0.342. The number of fused-ring (bicyclic) bond motifs is 1. The van der Waals surface area contributed by atoms with Crippen LogP contribution < -0.4 is 10.6 Å². The Morgan fingerprint density at radius 3 is 3.00 bits per heavy atom. The monoisotopic (exact) mass is 382 g/mol. The van der Waals surface area contributed by atoms with Gasteiger partial charge in [-0.2, -0.15) is 0 Å². The van der Waals surface area contributed by atoms with Gasteiger partial charge in [0.15, 0.2) is 5.96 Å². The maximum absolute atomic E-state index is 5.98. The molecule has 7 heteroatoms. The van der Waals surface area contributed by atoms with E-state index in [4.69, 9.17) is 16.3 Å². The molecule has 0 amide bonds. The van der Waals surface area contributed by atoms with Crippen LogP contribution in [0.25, 0.3) is 0 Å². The van der Waals surface area contributed by atoms with Gasteiger partial charge < -0.3 is 15.4 Å². The van der Waals surface area contributed by atoms with Gasteiger partial charge >= 0.3 is 0 Å². The van der Waals surface area contributed by atoms with Gasteiger partial charge in [0, 0.05) is 48.4 Å². The summed E-state index contributed by atoms with van der Waals surface area (Å²) in [6.07, 6.45) is 2.84. The summed E-state index contributed by atoms with van der Waals surface area (Å²) in [7, 11) is 1.81. The molecule has 2 saturated heterocycles. The van der Waals surface area contributed by atoms with E-state index in [1.54, 1.807) is 18.8 Å². The fourth-order valence-corrected chi connectivity index (χ4v) is 4.20. The van der Waals surface area contributed by atoms with Crippen LogP contribution in [-0.2, 0) is 4.74 Å². The van der Waals surface area contributed by atoms with Crippen molar-refractivity contribution in [2.75, 3.05) is 45.6 Å². The van der Waals surface area contributed by atoms with Crippen molar-refractivity contribution >= 4 is 29.3 Å². The van der Waals surface area contributed by atoms with Gasteiger partial charge in [-0.3, -0.25) is 9.89 Å². The van der Waals surface area contributed by atoms with E-state index in [2.05, 4.69) is 20.5 Å². The van der Waals surface area contributed by atoms with Crippen molar-refractivity contribution in [2.24, 2.45) is 4.99 Å². The number of thioether (sulfide) groups is 1. The minimum absolute atomic E-state index is 0.247. The van der Waals surface area contributed by atoms with E-state index < -0.39 is 0 Å². The molecule has 2 atom stereocenters. The lowest BCUT2D eigenvalue weighted by molar-refractivity contribution is -0.0453. The van der Waals surface area contributed by atoms with Crippen LogP contribution in [0.1, 0.15) is 12.8 Å². The van der Waals surface area contributed by atoms with Gasteiger partial charge in [0.05, 0.1) is 12.7 Å². The summed E-state index contributed by atoms with van der Waals surface area (Å²) in [6, 6.07) is 8.59. The molecule has 0 bridgehead atoms. The van der Waals surface area contributed by atoms with Gasteiger partial charge in [0.2, 0.25) is 0 Å². The van der Waals surface area contributed by atoms with E-state index in [1.165, 1.54) is 24.3 Å². The number of hydrogen-bond donors (Lipinski definition) is 2. The molecule has 25 heavy (non-hydrogen) atoms. The highest BCUT2D eigenvalue weighted by molar-refractivity contribution is 7.99. The molecule has 2 heterocycles. The van der Waals surface area contributed by atoms with Crippen LogP contribution in [0.15, 0.2) is 34.2 Å². The van der Waals surface area contributed by atoms with Crippen molar-refractivity contribution in [3.8, 4) is 0 Å². The SMILES string of the molecule is CN=C(NCCSc1ccc(Cl)cc1)NCC1CN2CCCC2CO1. The third kappa shape index (κ3) is 5.78. The van der Waals surface area contributed by atoms with Gasteiger partial charge in [0.1, 0.15) is 0 Å². The summed E-state index contributed by atoms with van der Waals surface area (Å²) in [5.41, 5.74) is 0. The first-order valence-corrected chi connectivity index (χ1v) is 10.3. The summed E-state index contributed by atoms with van der Waals surface area (Å²) in [4.78, 5) is 8.08. The molecule has 5 nitrogen and oxygen atoms in total. The zero-order valence-electron chi connectivity index (χ0n) is 14.7. The fourth-order valence-electron chi connectivity index (χ4n) is 3.31. The highest BCUT2D eigenvalue weighted by Gasteiger charge is 2.32. The van der Waals surface area contributed by atoms with Crippen LogP contribution in [0.2, 0.25) is 5.02 Å². The van der Waals surface area contributed by atoms with Crippen molar-refractivity contribution in [3.05, 3.63) is 29.3 Å². The third-order valence-corrected chi connectivity index (χ3v) is 5.92. The molecule has 3 rings (SSSR count). The average Bonchev–Trinajstić information content (AvgIpc) is 3.10. The van der Waals surface area contributed by atoms with E-state index in [0.717, 1.165) is 43.0 Å². The zero-order valence-corrected chi connectivity index (χ0v) is 16.3. The third-order valence-electron chi connectivity index (χ3n) is 4.66. The number of hydrogen-bond acceptors (Lipinski definition) is 4. The van der Waals surface area contributed by atoms with Crippen LogP contribution >= 0.6 is 23.4 Å². The molecule has 2 aliphatic heterocycles. The molecular weight excluding hydrogens is 356 g/mol. The molecule has 0 aliphatic carbocycles. The Morgan fingerprint density at radius 1 is 1.36 bits per heavy atom. The second-order valence-electron chi connectivity index (χ2n) is 6.43. The largest absolute Gasteiger partial charge is 0.373 e. The fraction of sp³-hybridized carbons (Fsp3) is 0.611. The predicted octanol–water partition coefficient (Wildman–Crippen LogP) is 2.46. The highest BCUT2D eigenvalue weighted by Crippen LogP contribution is 2.22. The number of benzene rings is 1. The Bertz CT molecular complexity index is 569. The Labute approximate surface area is 159 Å². The van der Waals surface area contributed by atoms with Crippen molar-refractivity contribution < 1.29 is 4.74 Å². The second kappa shape index (κ2) is 9.67. The smallest absolute Gasteiger partial charge is 0.191 e. The molecule has 0 radical (unpaired) electrons. The normalized spacial score (nSPS) is 24.2. The zero-order chi connectivity index (χ0) is 17.5. The Morgan fingerprint density at radius 2 is 2.20 bits per heavy atom. The lowest BCUT2D eigenvalue weighted by Crippen LogP contribution is -2.51. The molecule has 1 aromatic carbocycles. The lowest BCUT2D eigenvalue weighted by Gasteiger charge is -2.35. The summed E-state index contributed by atoms with van der Waals surface area (Å²) < 4.78 is 5.98. The van der Waals surface area contributed by atoms with Crippen molar-refractivity contribution in [1.82, 2.24) is 15.5 Å². The number of aliphatic imine (C=N–C) groups is 1. The molecule has 2 N–H and O–H groups in total. The van der Waals surface area contributed by atoms with Gasteiger partial charge in [-0.1, -0.05) is 11.6 Å². The predicted molar refractivity (Wildman–Crippen MR) is 106 cm³/mol. The molecule has 1 aromatic rings. The van der Waals surface area contributed by atoms with Gasteiger partial charge in [-0.15, -0.1) is 11.8 Å². The second-order valence-corrected chi connectivity index (χ2v) is 8.03. The van der Waals surface area contributed by atoms with E-state index in [1.807, 2.05) is 24.3 Å². The molecule has 2 fully saturated rings. The maximum atomic E-state index is 5.98.